The number of hydrogen-bond donors (Lipinski definition) is 1. The Balaban J connectivity index is 1.80. The molecule has 1 fully saturated rings. The highest BCUT2D eigenvalue weighted by Gasteiger charge is 2.30. The Hall–Kier alpha value is -2.21. The van der Waals surface area contributed by atoms with E-state index in [2.05, 4.69) is 10.2 Å². The van der Waals surface area contributed by atoms with Gasteiger partial charge in [0.25, 0.3) is 0 Å². The topological polar surface area (TPSA) is 58.2 Å². The van der Waals surface area contributed by atoms with Crippen molar-refractivity contribution in [1.29, 1.82) is 0 Å². The van der Waals surface area contributed by atoms with Gasteiger partial charge in [-0.3, -0.25) is 9.89 Å². The largest absolute Gasteiger partial charge is 0.377 e. The Morgan fingerprint density at radius 2 is 2.32 bits per heavy atom. The van der Waals surface area contributed by atoms with Crippen LogP contribution in [0.2, 0.25) is 0 Å². The molecule has 2 heterocycles. The molecule has 1 atom stereocenters. The van der Waals surface area contributed by atoms with Crippen LogP contribution in [0.15, 0.2) is 30.5 Å². The number of carbonyl (C=O) groups is 1. The first kappa shape index (κ1) is 14.7. The maximum Gasteiger partial charge on any atom is 0.227 e. The van der Waals surface area contributed by atoms with E-state index in [1.54, 1.807) is 29.3 Å². The minimum atomic E-state index is -0.349. The number of aromatic amines is 1. The maximum absolute atomic E-state index is 13.7. The number of ether oxygens (including phenoxy) is 1. The molecule has 1 aromatic heterocycles. The molecule has 0 spiro atoms. The van der Waals surface area contributed by atoms with Gasteiger partial charge in [-0.05, 0) is 24.1 Å². The summed E-state index contributed by atoms with van der Waals surface area (Å²) in [6.45, 7) is 3.35. The number of H-pyrrole nitrogens is 1. The number of amides is 1. The van der Waals surface area contributed by atoms with E-state index in [4.69, 9.17) is 4.74 Å². The second-order valence-corrected chi connectivity index (χ2v) is 5.41. The zero-order valence-corrected chi connectivity index (χ0v) is 12.4. The number of benzene rings is 1. The van der Waals surface area contributed by atoms with E-state index < -0.39 is 0 Å². The van der Waals surface area contributed by atoms with Gasteiger partial charge in [0.1, 0.15) is 5.82 Å². The highest BCUT2D eigenvalue weighted by molar-refractivity contribution is 5.79. The van der Waals surface area contributed by atoms with Crippen LogP contribution in [0.3, 0.4) is 0 Å². The molecule has 6 heteroatoms. The number of nitrogens with zero attached hydrogens (tertiary/aromatic N) is 2. The van der Waals surface area contributed by atoms with E-state index >= 15 is 0 Å². The van der Waals surface area contributed by atoms with Gasteiger partial charge in [0.05, 0.1) is 37.6 Å². The molecule has 0 aliphatic carbocycles. The molecule has 22 heavy (non-hydrogen) atoms. The van der Waals surface area contributed by atoms with Gasteiger partial charge in [0.15, 0.2) is 0 Å². The van der Waals surface area contributed by atoms with Crippen LogP contribution in [0.1, 0.15) is 22.9 Å². The lowest BCUT2D eigenvalue weighted by molar-refractivity contribution is -0.139. The Bertz CT molecular complexity index is 671. The van der Waals surface area contributed by atoms with Crippen molar-refractivity contribution in [2.24, 2.45) is 0 Å². The van der Waals surface area contributed by atoms with Crippen LogP contribution in [0.5, 0.6) is 0 Å². The van der Waals surface area contributed by atoms with Crippen molar-refractivity contribution in [3.63, 3.8) is 0 Å². The minimum Gasteiger partial charge on any atom is -0.377 e. The predicted molar refractivity (Wildman–Crippen MR) is 78.7 cm³/mol. The molecule has 3 rings (SSSR count). The van der Waals surface area contributed by atoms with Crippen molar-refractivity contribution in [3.8, 4) is 0 Å². The van der Waals surface area contributed by atoms with Gasteiger partial charge in [-0.1, -0.05) is 18.2 Å². The first-order chi connectivity index (χ1) is 10.7. The summed E-state index contributed by atoms with van der Waals surface area (Å²) in [4.78, 5) is 14.4. The standard InChI is InChI=1S/C16H18FN3O2/c1-11-9-18-19-16(11)14-10-22-7-6-20(14)15(21)8-12-4-2-3-5-13(12)17/h2-5,9,14H,6-8,10H2,1H3,(H,18,19)/t14-/m0/s1. The molecule has 1 N–H and O–H groups in total. The van der Waals surface area contributed by atoms with Gasteiger partial charge in [0.2, 0.25) is 5.91 Å². The van der Waals surface area contributed by atoms with E-state index in [1.165, 1.54) is 6.07 Å². The third kappa shape index (κ3) is 2.87. The van der Waals surface area contributed by atoms with Gasteiger partial charge in [-0.25, -0.2) is 4.39 Å². The molecule has 1 saturated heterocycles. The quantitative estimate of drug-likeness (QED) is 0.943. The van der Waals surface area contributed by atoms with E-state index in [-0.39, 0.29) is 24.2 Å². The summed E-state index contributed by atoms with van der Waals surface area (Å²) >= 11 is 0. The number of aryl methyl sites for hydroxylation is 1. The van der Waals surface area contributed by atoms with E-state index in [0.717, 1.165) is 11.3 Å². The highest BCUT2D eigenvalue weighted by Crippen LogP contribution is 2.25. The van der Waals surface area contributed by atoms with Crippen LogP contribution in [0, 0.1) is 12.7 Å². The first-order valence-corrected chi connectivity index (χ1v) is 7.27. The van der Waals surface area contributed by atoms with Gasteiger partial charge in [-0.2, -0.15) is 5.10 Å². The van der Waals surface area contributed by atoms with Gasteiger partial charge in [0, 0.05) is 6.54 Å². The predicted octanol–water partition coefficient (Wildman–Crippen LogP) is 2.00. The lowest BCUT2D eigenvalue weighted by atomic mass is 10.1. The minimum absolute atomic E-state index is 0.0519. The number of halogens is 1. The Morgan fingerprint density at radius 1 is 1.50 bits per heavy atom. The van der Waals surface area contributed by atoms with E-state index in [0.29, 0.717) is 25.3 Å². The molecule has 1 aliphatic heterocycles. The van der Waals surface area contributed by atoms with Crippen molar-refractivity contribution in [1.82, 2.24) is 15.1 Å². The van der Waals surface area contributed by atoms with Gasteiger partial charge < -0.3 is 9.64 Å². The summed E-state index contributed by atoms with van der Waals surface area (Å²) in [6, 6.07) is 6.18. The van der Waals surface area contributed by atoms with E-state index in [9.17, 15) is 9.18 Å². The lowest BCUT2D eigenvalue weighted by Crippen LogP contribution is -2.44. The number of rotatable bonds is 3. The molecular formula is C16H18FN3O2. The molecule has 0 unspecified atom stereocenters. The molecule has 0 bridgehead atoms. The smallest absolute Gasteiger partial charge is 0.227 e. The molecule has 1 amide bonds. The second-order valence-electron chi connectivity index (χ2n) is 5.41. The second kappa shape index (κ2) is 6.27. The van der Waals surface area contributed by atoms with Gasteiger partial charge in [-0.15, -0.1) is 0 Å². The zero-order chi connectivity index (χ0) is 15.5. The van der Waals surface area contributed by atoms with Crippen molar-refractivity contribution in [2.45, 2.75) is 19.4 Å². The van der Waals surface area contributed by atoms with Crippen LogP contribution in [0.25, 0.3) is 0 Å². The molecule has 116 valence electrons. The van der Waals surface area contributed by atoms with Crippen molar-refractivity contribution in [3.05, 3.63) is 53.1 Å². The summed E-state index contributed by atoms with van der Waals surface area (Å²) in [6.07, 6.45) is 1.78. The zero-order valence-electron chi connectivity index (χ0n) is 12.4. The van der Waals surface area contributed by atoms with Crippen LogP contribution in [-0.2, 0) is 16.0 Å². The summed E-state index contributed by atoms with van der Waals surface area (Å²) in [5, 5.41) is 6.95. The number of carbonyl (C=O) groups excluding carboxylic acids is 1. The Morgan fingerprint density at radius 3 is 3.05 bits per heavy atom. The third-order valence-corrected chi connectivity index (χ3v) is 3.95. The third-order valence-electron chi connectivity index (χ3n) is 3.95. The molecule has 1 aromatic carbocycles. The molecule has 0 saturated carbocycles. The van der Waals surface area contributed by atoms with Crippen LogP contribution >= 0.6 is 0 Å². The molecule has 5 nitrogen and oxygen atoms in total. The summed E-state index contributed by atoms with van der Waals surface area (Å²) in [7, 11) is 0. The summed E-state index contributed by atoms with van der Waals surface area (Å²) < 4.78 is 19.2. The van der Waals surface area contributed by atoms with Crippen LogP contribution < -0.4 is 0 Å². The Labute approximate surface area is 128 Å². The lowest BCUT2D eigenvalue weighted by Gasteiger charge is -2.35. The van der Waals surface area contributed by atoms with E-state index in [1.807, 2.05) is 6.92 Å². The fourth-order valence-corrected chi connectivity index (χ4v) is 2.74. The number of morpholine rings is 1. The molecular weight excluding hydrogens is 285 g/mol. The first-order valence-electron chi connectivity index (χ1n) is 7.27. The maximum atomic E-state index is 13.7. The van der Waals surface area contributed by atoms with Crippen LogP contribution in [0.4, 0.5) is 4.39 Å². The summed E-state index contributed by atoms with van der Waals surface area (Å²) in [5.74, 6) is -0.453. The van der Waals surface area contributed by atoms with Crippen LogP contribution in [-0.4, -0.2) is 40.8 Å². The van der Waals surface area contributed by atoms with Gasteiger partial charge >= 0.3 is 0 Å². The Kier molecular flexibility index (Phi) is 4.20. The monoisotopic (exact) mass is 303 g/mol. The van der Waals surface area contributed by atoms with Crippen molar-refractivity contribution >= 4 is 5.91 Å². The number of aromatic nitrogens is 2. The van der Waals surface area contributed by atoms with Crippen molar-refractivity contribution < 1.29 is 13.9 Å². The number of hydrogen-bond acceptors (Lipinski definition) is 3. The highest BCUT2D eigenvalue weighted by atomic mass is 19.1. The SMILES string of the molecule is Cc1cn[nH]c1[C@@H]1COCCN1C(=O)Cc1ccccc1F. The molecule has 0 radical (unpaired) electrons. The normalized spacial score (nSPS) is 18.5. The fraction of sp³-hybridized carbons (Fsp3) is 0.375. The molecule has 2 aromatic rings. The fourth-order valence-electron chi connectivity index (χ4n) is 2.74. The summed E-state index contributed by atoms with van der Waals surface area (Å²) in [5.41, 5.74) is 2.28. The average Bonchev–Trinajstić information content (AvgIpc) is 2.95. The molecule has 1 aliphatic rings. The number of nitrogens with one attached hydrogen (secondary N) is 1. The van der Waals surface area contributed by atoms with Crippen molar-refractivity contribution in [2.75, 3.05) is 19.8 Å². The average molecular weight is 303 g/mol.